The molecule has 1 heterocycles. The number of carbonyl (C=O) groups is 1. The maximum absolute atomic E-state index is 12.4. The Bertz CT molecular complexity index is 496. The maximum atomic E-state index is 12.4. The minimum atomic E-state index is -2.89. The summed E-state index contributed by atoms with van der Waals surface area (Å²) in [6.07, 6.45) is 0.0694. The van der Waals surface area contributed by atoms with Gasteiger partial charge in [0, 0.05) is 30.7 Å². The van der Waals surface area contributed by atoms with Gasteiger partial charge in [0.25, 0.3) is 0 Å². The molecule has 1 N–H and O–H groups in total. The maximum Gasteiger partial charge on any atom is 0.387 e. The minimum Gasteiger partial charge on any atom is -0.435 e. The molecule has 1 saturated heterocycles. The third-order valence-electron chi connectivity index (χ3n) is 3.88. The fourth-order valence-corrected chi connectivity index (χ4v) is 2.53. The second-order valence-electron chi connectivity index (χ2n) is 5.23. The molecule has 1 fully saturated rings. The molecule has 0 aliphatic carbocycles. The van der Waals surface area contributed by atoms with E-state index in [1.54, 1.807) is 23.1 Å². The van der Waals surface area contributed by atoms with Crippen LogP contribution in [0, 0.1) is 0 Å². The van der Waals surface area contributed by atoms with Crippen LogP contribution >= 0.6 is 0 Å². The Morgan fingerprint density at radius 1 is 1.43 bits per heavy atom. The zero-order valence-electron chi connectivity index (χ0n) is 12.2. The summed E-state index contributed by atoms with van der Waals surface area (Å²) >= 11 is 0. The van der Waals surface area contributed by atoms with E-state index in [0.29, 0.717) is 12.1 Å². The van der Waals surface area contributed by atoms with E-state index in [4.69, 9.17) is 0 Å². The van der Waals surface area contributed by atoms with Crippen molar-refractivity contribution in [3.8, 4) is 5.75 Å². The number of alkyl halides is 2. The predicted octanol–water partition coefficient (Wildman–Crippen LogP) is 2.04. The fraction of sp³-hybridized carbons (Fsp3) is 0.533. The molecule has 6 heteroatoms. The normalized spacial score (nSPS) is 22.4. The van der Waals surface area contributed by atoms with Crippen molar-refractivity contribution in [2.24, 2.45) is 0 Å². The average Bonchev–Trinajstić information content (AvgIpc) is 2.43. The fourth-order valence-electron chi connectivity index (χ4n) is 2.53. The lowest BCUT2D eigenvalue weighted by Gasteiger charge is -2.38. The zero-order valence-corrected chi connectivity index (χ0v) is 12.2. The summed E-state index contributed by atoms with van der Waals surface area (Å²) in [6.45, 7) is 2.49. The molecule has 0 saturated carbocycles. The topological polar surface area (TPSA) is 41.6 Å². The lowest BCUT2D eigenvalue weighted by molar-refractivity contribution is -0.134. The van der Waals surface area contributed by atoms with Crippen molar-refractivity contribution in [2.45, 2.75) is 39.0 Å². The van der Waals surface area contributed by atoms with Gasteiger partial charge in [-0.05, 0) is 19.9 Å². The van der Waals surface area contributed by atoms with Gasteiger partial charge in [-0.1, -0.05) is 18.2 Å². The third-order valence-corrected chi connectivity index (χ3v) is 3.88. The number of hydrogen-bond donors (Lipinski definition) is 1. The van der Waals surface area contributed by atoms with Gasteiger partial charge in [-0.25, -0.2) is 0 Å². The predicted molar refractivity (Wildman–Crippen MR) is 75.4 cm³/mol. The van der Waals surface area contributed by atoms with E-state index in [1.807, 2.05) is 13.8 Å². The SMILES string of the molecule is CC1NCCN(C(=O)Cc2ccccc2OC(F)F)C1C. The molecule has 0 spiro atoms. The summed E-state index contributed by atoms with van der Waals surface area (Å²) in [4.78, 5) is 14.2. The van der Waals surface area contributed by atoms with Crippen LogP contribution < -0.4 is 10.1 Å². The molecule has 0 radical (unpaired) electrons. The molecule has 1 aliphatic heterocycles. The van der Waals surface area contributed by atoms with Crippen LogP contribution in [0.1, 0.15) is 19.4 Å². The first-order valence-electron chi connectivity index (χ1n) is 7.04. The van der Waals surface area contributed by atoms with E-state index in [2.05, 4.69) is 10.1 Å². The number of rotatable bonds is 4. The molecule has 2 atom stereocenters. The Labute approximate surface area is 123 Å². The average molecular weight is 298 g/mol. The Balaban J connectivity index is 2.09. The van der Waals surface area contributed by atoms with Gasteiger partial charge in [0.2, 0.25) is 5.91 Å². The first-order chi connectivity index (χ1) is 9.99. The van der Waals surface area contributed by atoms with Gasteiger partial charge in [0.15, 0.2) is 0 Å². The molecule has 4 nitrogen and oxygen atoms in total. The van der Waals surface area contributed by atoms with E-state index in [9.17, 15) is 13.6 Å². The van der Waals surface area contributed by atoms with Gasteiger partial charge in [-0.3, -0.25) is 4.79 Å². The number of halogens is 2. The van der Waals surface area contributed by atoms with Gasteiger partial charge in [-0.2, -0.15) is 8.78 Å². The Morgan fingerprint density at radius 2 is 2.14 bits per heavy atom. The van der Waals surface area contributed by atoms with Crippen LogP contribution in [-0.2, 0) is 11.2 Å². The van der Waals surface area contributed by atoms with Crippen LogP contribution in [0.4, 0.5) is 8.78 Å². The number of ether oxygens (including phenoxy) is 1. The highest BCUT2D eigenvalue weighted by atomic mass is 19.3. The van der Waals surface area contributed by atoms with Crippen LogP contribution in [0.3, 0.4) is 0 Å². The molecule has 1 aromatic rings. The molecular weight excluding hydrogens is 278 g/mol. The Morgan fingerprint density at radius 3 is 2.86 bits per heavy atom. The molecule has 2 unspecified atom stereocenters. The number of amides is 1. The van der Waals surface area contributed by atoms with Crippen LogP contribution in [0.2, 0.25) is 0 Å². The highest BCUT2D eigenvalue weighted by Gasteiger charge is 2.28. The summed E-state index contributed by atoms with van der Waals surface area (Å²) in [5.41, 5.74) is 0.487. The molecule has 0 bridgehead atoms. The zero-order chi connectivity index (χ0) is 15.4. The van der Waals surface area contributed by atoms with Gasteiger partial charge in [-0.15, -0.1) is 0 Å². The van der Waals surface area contributed by atoms with Crippen LogP contribution in [0.5, 0.6) is 5.75 Å². The van der Waals surface area contributed by atoms with Crippen molar-refractivity contribution in [2.75, 3.05) is 13.1 Å². The van der Waals surface area contributed by atoms with Gasteiger partial charge < -0.3 is 15.0 Å². The van der Waals surface area contributed by atoms with E-state index in [1.165, 1.54) is 6.07 Å². The van der Waals surface area contributed by atoms with Crippen LogP contribution in [0.25, 0.3) is 0 Å². The van der Waals surface area contributed by atoms with E-state index < -0.39 is 6.61 Å². The van der Waals surface area contributed by atoms with Gasteiger partial charge >= 0.3 is 6.61 Å². The summed E-state index contributed by atoms with van der Waals surface area (Å²) in [7, 11) is 0. The number of nitrogens with zero attached hydrogens (tertiary/aromatic N) is 1. The largest absolute Gasteiger partial charge is 0.435 e. The Kier molecular flexibility index (Phi) is 5.12. The van der Waals surface area contributed by atoms with Gasteiger partial charge in [0.05, 0.1) is 6.42 Å². The number of piperazine rings is 1. The number of nitrogens with one attached hydrogen (secondary N) is 1. The van der Waals surface area contributed by atoms with Crippen LogP contribution in [-0.4, -0.2) is 42.6 Å². The standard InChI is InChI=1S/C15H20F2N2O2/c1-10-11(2)19(8-7-18-10)14(20)9-12-5-3-4-6-13(12)21-15(16)17/h3-6,10-11,15,18H,7-9H2,1-2H3. The molecular formula is C15H20F2N2O2. The number of benzene rings is 1. The number of hydrogen-bond acceptors (Lipinski definition) is 3. The van der Waals surface area contributed by atoms with Crippen molar-refractivity contribution in [3.05, 3.63) is 29.8 Å². The molecule has 1 aliphatic rings. The quantitative estimate of drug-likeness (QED) is 0.925. The second kappa shape index (κ2) is 6.85. The molecule has 116 valence electrons. The van der Waals surface area contributed by atoms with Crippen molar-refractivity contribution < 1.29 is 18.3 Å². The lowest BCUT2D eigenvalue weighted by Crippen LogP contribution is -2.57. The minimum absolute atomic E-state index is 0.0664. The van der Waals surface area contributed by atoms with E-state index in [-0.39, 0.29) is 30.2 Å². The highest BCUT2D eigenvalue weighted by Crippen LogP contribution is 2.22. The summed E-state index contributed by atoms with van der Waals surface area (Å²) in [5.74, 6) is -0.00199. The summed E-state index contributed by atoms with van der Waals surface area (Å²) < 4.78 is 29.2. The summed E-state index contributed by atoms with van der Waals surface area (Å²) in [6, 6.07) is 6.72. The van der Waals surface area contributed by atoms with Crippen molar-refractivity contribution in [1.29, 1.82) is 0 Å². The van der Waals surface area contributed by atoms with E-state index in [0.717, 1.165) is 6.54 Å². The Hall–Kier alpha value is -1.69. The monoisotopic (exact) mass is 298 g/mol. The number of para-hydroxylation sites is 1. The summed E-state index contributed by atoms with van der Waals surface area (Å²) in [5, 5.41) is 3.30. The van der Waals surface area contributed by atoms with Crippen LogP contribution in [0.15, 0.2) is 24.3 Å². The molecule has 1 aromatic carbocycles. The second-order valence-corrected chi connectivity index (χ2v) is 5.23. The highest BCUT2D eigenvalue weighted by molar-refractivity contribution is 5.80. The van der Waals surface area contributed by atoms with E-state index >= 15 is 0 Å². The molecule has 2 rings (SSSR count). The third kappa shape index (κ3) is 3.91. The van der Waals surface area contributed by atoms with Gasteiger partial charge in [0.1, 0.15) is 5.75 Å². The molecule has 0 aromatic heterocycles. The first kappa shape index (κ1) is 15.7. The van der Waals surface area contributed by atoms with Crippen molar-refractivity contribution >= 4 is 5.91 Å². The first-order valence-corrected chi connectivity index (χ1v) is 7.04. The number of carbonyl (C=O) groups excluding carboxylic acids is 1. The van der Waals surface area contributed by atoms with Crippen molar-refractivity contribution in [3.63, 3.8) is 0 Å². The lowest BCUT2D eigenvalue weighted by atomic mass is 10.0. The van der Waals surface area contributed by atoms with Crippen molar-refractivity contribution in [1.82, 2.24) is 10.2 Å². The molecule has 21 heavy (non-hydrogen) atoms. The molecule has 1 amide bonds. The smallest absolute Gasteiger partial charge is 0.387 e.